The summed E-state index contributed by atoms with van der Waals surface area (Å²) in [5.74, 6) is 0.0858. The minimum absolute atomic E-state index is 0.0597. The summed E-state index contributed by atoms with van der Waals surface area (Å²) in [6, 6.07) is 4.10. The standard InChI is InChI=1S/C15H16N6O4/c1-3-21-11-12(20(2)15(25)18-13(11)24)17-14(21)19-16-7-8-4-5-9(22)6-10(8)23/h4-7,22-23H,3H2,1-2H3,(H,17,19)(H,18,24,25)/b16-7-. The molecule has 10 heteroatoms. The first-order valence-corrected chi connectivity index (χ1v) is 7.43. The SMILES string of the molecule is CCn1c(N/N=C\c2ccc(O)cc2O)nc2c1c(=O)[nH]c(=O)n2C. The zero-order chi connectivity index (χ0) is 18.1. The average Bonchev–Trinajstić information content (AvgIpc) is 2.94. The third-order valence-electron chi connectivity index (χ3n) is 3.71. The van der Waals surface area contributed by atoms with Crippen molar-refractivity contribution in [3.63, 3.8) is 0 Å². The van der Waals surface area contributed by atoms with Crippen molar-refractivity contribution in [1.29, 1.82) is 0 Å². The van der Waals surface area contributed by atoms with Crippen molar-refractivity contribution in [1.82, 2.24) is 19.1 Å². The van der Waals surface area contributed by atoms with Gasteiger partial charge >= 0.3 is 5.69 Å². The normalized spacial score (nSPS) is 11.4. The summed E-state index contributed by atoms with van der Waals surface area (Å²) >= 11 is 0. The number of fused-ring (bicyclic) bond motifs is 1. The molecule has 25 heavy (non-hydrogen) atoms. The molecule has 2 aromatic heterocycles. The topological polar surface area (TPSA) is 138 Å². The van der Waals surface area contributed by atoms with Crippen LogP contribution in [0.5, 0.6) is 11.5 Å². The Bertz CT molecular complexity index is 1090. The first-order chi connectivity index (χ1) is 11.9. The minimum Gasteiger partial charge on any atom is -0.508 e. The van der Waals surface area contributed by atoms with E-state index in [1.54, 1.807) is 4.57 Å². The van der Waals surface area contributed by atoms with Gasteiger partial charge in [-0.25, -0.2) is 10.2 Å². The third-order valence-corrected chi connectivity index (χ3v) is 3.71. The number of phenolic OH excluding ortho intramolecular Hbond substituents is 2. The van der Waals surface area contributed by atoms with E-state index < -0.39 is 11.2 Å². The lowest BCUT2D eigenvalue weighted by atomic mass is 10.2. The van der Waals surface area contributed by atoms with Crippen molar-refractivity contribution in [2.75, 3.05) is 5.43 Å². The molecule has 0 saturated heterocycles. The Hall–Kier alpha value is -3.56. The number of nitrogens with one attached hydrogen (secondary N) is 2. The molecule has 0 amide bonds. The van der Waals surface area contributed by atoms with Gasteiger partial charge in [-0.1, -0.05) is 0 Å². The molecule has 1 aromatic carbocycles. The number of phenols is 2. The molecule has 3 aromatic rings. The highest BCUT2D eigenvalue weighted by Gasteiger charge is 2.15. The fourth-order valence-electron chi connectivity index (χ4n) is 2.43. The number of aromatic amines is 1. The number of aromatic hydroxyl groups is 2. The quantitative estimate of drug-likeness (QED) is 0.397. The first-order valence-electron chi connectivity index (χ1n) is 7.43. The Morgan fingerprint density at radius 2 is 2.12 bits per heavy atom. The number of hydrogen-bond donors (Lipinski definition) is 4. The number of imidazole rings is 1. The monoisotopic (exact) mass is 344 g/mol. The highest BCUT2D eigenvalue weighted by atomic mass is 16.3. The van der Waals surface area contributed by atoms with Gasteiger partial charge in [0.05, 0.1) is 6.21 Å². The van der Waals surface area contributed by atoms with Crippen LogP contribution in [0.4, 0.5) is 5.95 Å². The van der Waals surface area contributed by atoms with E-state index in [9.17, 15) is 19.8 Å². The average molecular weight is 344 g/mol. The molecule has 0 radical (unpaired) electrons. The van der Waals surface area contributed by atoms with Crippen LogP contribution in [0.15, 0.2) is 32.9 Å². The molecular weight excluding hydrogens is 328 g/mol. The van der Waals surface area contributed by atoms with Crippen LogP contribution in [0, 0.1) is 0 Å². The van der Waals surface area contributed by atoms with Crippen LogP contribution in [0.1, 0.15) is 12.5 Å². The van der Waals surface area contributed by atoms with E-state index in [2.05, 4.69) is 20.5 Å². The number of aryl methyl sites for hydroxylation is 2. The molecule has 4 N–H and O–H groups in total. The van der Waals surface area contributed by atoms with E-state index in [4.69, 9.17) is 0 Å². The number of hydrogen-bond acceptors (Lipinski definition) is 7. The number of benzene rings is 1. The van der Waals surface area contributed by atoms with E-state index in [0.29, 0.717) is 12.1 Å². The molecule has 2 heterocycles. The molecule has 0 unspecified atom stereocenters. The molecule has 0 fully saturated rings. The van der Waals surface area contributed by atoms with Gasteiger partial charge in [0.2, 0.25) is 5.95 Å². The van der Waals surface area contributed by atoms with Gasteiger partial charge in [0.1, 0.15) is 11.5 Å². The van der Waals surface area contributed by atoms with Crippen LogP contribution < -0.4 is 16.7 Å². The van der Waals surface area contributed by atoms with Crippen LogP contribution in [0.25, 0.3) is 11.2 Å². The molecule has 0 aliphatic rings. The van der Waals surface area contributed by atoms with Gasteiger partial charge < -0.3 is 14.8 Å². The molecule has 0 aliphatic heterocycles. The molecule has 0 atom stereocenters. The third kappa shape index (κ3) is 2.84. The Morgan fingerprint density at radius 3 is 2.80 bits per heavy atom. The maximum absolute atomic E-state index is 12.1. The van der Waals surface area contributed by atoms with Crippen molar-refractivity contribution in [3.05, 3.63) is 44.6 Å². The maximum atomic E-state index is 12.1. The second-order valence-corrected chi connectivity index (χ2v) is 5.28. The van der Waals surface area contributed by atoms with E-state index in [-0.39, 0.29) is 28.6 Å². The van der Waals surface area contributed by atoms with Crippen molar-refractivity contribution in [2.24, 2.45) is 12.1 Å². The smallest absolute Gasteiger partial charge is 0.329 e. The lowest BCUT2D eigenvalue weighted by Gasteiger charge is -2.04. The number of hydrazone groups is 1. The van der Waals surface area contributed by atoms with Crippen LogP contribution >= 0.6 is 0 Å². The Kier molecular flexibility index (Phi) is 4.01. The van der Waals surface area contributed by atoms with E-state index >= 15 is 0 Å². The van der Waals surface area contributed by atoms with E-state index in [1.807, 2.05) is 6.92 Å². The number of anilines is 1. The molecule has 3 rings (SSSR count). The van der Waals surface area contributed by atoms with Crippen molar-refractivity contribution < 1.29 is 10.2 Å². The summed E-state index contributed by atoms with van der Waals surface area (Å²) in [4.78, 5) is 30.2. The van der Waals surface area contributed by atoms with Gasteiger partial charge in [0, 0.05) is 25.2 Å². The predicted molar refractivity (Wildman–Crippen MR) is 92.3 cm³/mol. The lowest BCUT2D eigenvalue weighted by molar-refractivity contribution is 0.450. The number of rotatable bonds is 4. The predicted octanol–water partition coefficient (Wildman–Crippen LogP) is 0.300. The fourth-order valence-corrected chi connectivity index (χ4v) is 2.43. The van der Waals surface area contributed by atoms with Crippen molar-refractivity contribution in [3.8, 4) is 11.5 Å². The second-order valence-electron chi connectivity index (χ2n) is 5.28. The first kappa shape index (κ1) is 16.3. The summed E-state index contributed by atoms with van der Waals surface area (Å²) in [5, 5.41) is 23.0. The maximum Gasteiger partial charge on any atom is 0.329 e. The number of H-pyrrole nitrogens is 1. The molecule has 0 bridgehead atoms. The summed E-state index contributed by atoms with van der Waals surface area (Å²) in [6.45, 7) is 2.26. The molecule has 0 spiro atoms. The van der Waals surface area contributed by atoms with Gasteiger partial charge in [-0.2, -0.15) is 10.1 Å². The highest BCUT2D eigenvalue weighted by molar-refractivity contribution is 5.84. The molecule has 0 aliphatic carbocycles. The van der Waals surface area contributed by atoms with Crippen LogP contribution in [-0.2, 0) is 13.6 Å². The number of nitrogens with zero attached hydrogens (tertiary/aromatic N) is 4. The van der Waals surface area contributed by atoms with Gasteiger partial charge in [0.25, 0.3) is 5.56 Å². The Morgan fingerprint density at radius 1 is 1.36 bits per heavy atom. The molecular formula is C15H16N6O4. The fraction of sp³-hybridized carbons (Fsp3) is 0.200. The van der Waals surface area contributed by atoms with Crippen LogP contribution in [-0.4, -0.2) is 35.5 Å². The van der Waals surface area contributed by atoms with Gasteiger partial charge in [0.15, 0.2) is 11.2 Å². The van der Waals surface area contributed by atoms with Crippen molar-refractivity contribution in [2.45, 2.75) is 13.5 Å². The van der Waals surface area contributed by atoms with E-state index in [1.165, 1.54) is 36.0 Å². The second kappa shape index (κ2) is 6.15. The largest absolute Gasteiger partial charge is 0.508 e. The zero-order valence-corrected chi connectivity index (χ0v) is 13.5. The summed E-state index contributed by atoms with van der Waals surface area (Å²) in [5.41, 5.74) is 2.50. The Labute approximate surface area is 140 Å². The van der Waals surface area contributed by atoms with Gasteiger partial charge in [-0.3, -0.25) is 14.3 Å². The van der Waals surface area contributed by atoms with Crippen molar-refractivity contribution >= 4 is 23.3 Å². The van der Waals surface area contributed by atoms with Crippen LogP contribution in [0.3, 0.4) is 0 Å². The summed E-state index contributed by atoms with van der Waals surface area (Å²) in [7, 11) is 1.51. The van der Waals surface area contributed by atoms with E-state index in [0.717, 1.165) is 0 Å². The molecule has 0 saturated carbocycles. The van der Waals surface area contributed by atoms with Gasteiger partial charge in [-0.15, -0.1) is 0 Å². The zero-order valence-electron chi connectivity index (χ0n) is 13.5. The highest BCUT2D eigenvalue weighted by Crippen LogP contribution is 2.21. The van der Waals surface area contributed by atoms with Crippen LogP contribution in [0.2, 0.25) is 0 Å². The van der Waals surface area contributed by atoms with Gasteiger partial charge in [-0.05, 0) is 19.1 Å². The summed E-state index contributed by atoms with van der Waals surface area (Å²) in [6.07, 6.45) is 1.34. The minimum atomic E-state index is -0.553. The molecule has 130 valence electrons. The number of aromatic nitrogens is 4. The lowest BCUT2D eigenvalue weighted by Crippen LogP contribution is -2.29. The Balaban J connectivity index is 2.00. The molecule has 10 nitrogen and oxygen atoms in total. The summed E-state index contributed by atoms with van der Waals surface area (Å²) < 4.78 is 2.82.